The van der Waals surface area contributed by atoms with Gasteiger partial charge in [0.15, 0.2) is 0 Å². The number of fused-ring (bicyclic) bond motifs is 3. The van der Waals surface area contributed by atoms with Crippen LogP contribution in [0.3, 0.4) is 0 Å². The summed E-state index contributed by atoms with van der Waals surface area (Å²) in [5, 5.41) is 2.28. The molecule has 0 fully saturated rings. The van der Waals surface area contributed by atoms with Gasteiger partial charge in [0.1, 0.15) is 0 Å². The molecular formula is C39H36N2O2. The van der Waals surface area contributed by atoms with Gasteiger partial charge in [-0.15, -0.1) is 0 Å². The molecule has 6 rings (SSSR count). The highest BCUT2D eigenvalue weighted by atomic mass is 16.5. The Morgan fingerprint density at radius 2 is 1.14 bits per heavy atom. The summed E-state index contributed by atoms with van der Waals surface area (Å²) in [5.41, 5.74) is 9.76. The van der Waals surface area contributed by atoms with Crippen molar-refractivity contribution in [2.45, 2.75) is 40.2 Å². The van der Waals surface area contributed by atoms with Crippen LogP contribution in [0.1, 0.15) is 37.2 Å². The number of carbonyl (C=O) groups excluding carboxylic acids is 1. The van der Waals surface area contributed by atoms with Crippen LogP contribution in [-0.4, -0.2) is 22.0 Å². The third-order valence-corrected chi connectivity index (χ3v) is 7.29. The monoisotopic (exact) mass is 564 g/mol. The van der Waals surface area contributed by atoms with Crippen molar-refractivity contribution in [3.8, 4) is 22.3 Å². The number of carbonyl (C=O) groups is 1. The van der Waals surface area contributed by atoms with Crippen LogP contribution in [0.15, 0.2) is 121 Å². The van der Waals surface area contributed by atoms with Gasteiger partial charge in [-0.3, -0.25) is 9.97 Å². The molecule has 0 aliphatic rings. The molecule has 43 heavy (non-hydrogen) atoms. The van der Waals surface area contributed by atoms with Gasteiger partial charge in [-0.25, -0.2) is 4.79 Å². The van der Waals surface area contributed by atoms with Gasteiger partial charge < -0.3 is 4.74 Å². The molecule has 2 heterocycles. The van der Waals surface area contributed by atoms with Gasteiger partial charge in [-0.05, 0) is 73.2 Å². The van der Waals surface area contributed by atoms with Crippen molar-refractivity contribution in [3.05, 3.63) is 138 Å². The fourth-order valence-electron chi connectivity index (χ4n) is 4.99. The molecule has 0 spiro atoms. The van der Waals surface area contributed by atoms with E-state index in [-0.39, 0.29) is 12.1 Å². The van der Waals surface area contributed by atoms with Crippen molar-refractivity contribution in [1.82, 2.24) is 9.97 Å². The number of hydrogen-bond acceptors (Lipinski definition) is 4. The zero-order chi connectivity index (χ0) is 30.2. The summed E-state index contributed by atoms with van der Waals surface area (Å²) in [6.07, 6.45) is 4.04. The molecule has 4 heteroatoms. The molecule has 4 aromatic carbocycles. The van der Waals surface area contributed by atoms with Crippen molar-refractivity contribution >= 4 is 33.9 Å². The predicted molar refractivity (Wildman–Crippen MR) is 179 cm³/mol. The lowest BCUT2D eigenvalue weighted by atomic mass is 9.95. The van der Waals surface area contributed by atoms with Crippen LogP contribution in [0.4, 0.5) is 0 Å². The van der Waals surface area contributed by atoms with E-state index in [1.54, 1.807) is 6.08 Å². The molecule has 1 atom stereocenters. The highest BCUT2D eigenvalue weighted by Crippen LogP contribution is 2.36. The van der Waals surface area contributed by atoms with Crippen LogP contribution in [0.2, 0.25) is 0 Å². The number of ether oxygens (including phenoxy) is 1. The molecule has 0 aliphatic heterocycles. The second kappa shape index (κ2) is 13.7. The fraction of sp³-hybridized carbons (Fsp3) is 0.154. The van der Waals surface area contributed by atoms with Crippen molar-refractivity contribution < 1.29 is 9.53 Å². The van der Waals surface area contributed by atoms with E-state index >= 15 is 0 Å². The van der Waals surface area contributed by atoms with E-state index in [0.717, 1.165) is 45.2 Å². The minimum atomic E-state index is -0.284. The molecule has 0 saturated heterocycles. The molecule has 0 amide bonds. The molecule has 6 aromatic rings. The van der Waals surface area contributed by atoms with Crippen molar-refractivity contribution in [1.29, 1.82) is 0 Å². The Morgan fingerprint density at radius 1 is 0.698 bits per heavy atom. The number of hydrogen-bond donors (Lipinski definition) is 0. The third-order valence-electron chi connectivity index (χ3n) is 7.29. The van der Waals surface area contributed by atoms with E-state index in [2.05, 4.69) is 86.6 Å². The first kappa shape index (κ1) is 29.4. The summed E-state index contributed by atoms with van der Waals surface area (Å²) in [5.74, 6) is -0.284. The summed E-state index contributed by atoms with van der Waals surface area (Å²) in [7, 11) is 0. The van der Waals surface area contributed by atoms with Crippen LogP contribution < -0.4 is 0 Å². The van der Waals surface area contributed by atoms with Gasteiger partial charge in [0, 0.05) is 28.2 Å². The summed E-state index contributed by atoms with van der Waals surface area (Å²) in [4.78, 5) is 21.1. The fourth-order valence-corrected chi connectivity index (χ4v) is 4.99. The summed E-state index contributed by atoms with van der Waals surface area (Å²) in [6.45, 7) is 7.98. The van der Waals surface area contributed by atoms with E-state index in [0.29, 0.717) is 0 Å². The molecule has 0 bridgehead atoms. The first-order valence-electron chi connectivity index (χ1n) is 14.7. The smallest absolute Gasteiger partial charge is 0.331 e. The molecule has 2 aromatic heterocycles. The molecule has 0 radical (unpaired) electrons. The van der Waals surface area contributed by atoms with Gasteiger partial charge in [0.2, 0.25) is 0 Å². The average Bonchev–Trinajstić information content (AvgIpc) is 3.04. The standard InChI is InChI=1S/C26H20N2.C13H16O2/c1-17-15-23(19-9-5-3-6-10-19)21-13-14-22-24(20-11-7-4-8-12-20)16-18(2)28-26(22)25(21)27-17;1-3-11(2)15-13(14)10-9-12-7-5-4-6-8-12/h3-16H,1-2H3;4-11H,3H2,1-2H3. The lowest BCUT2D eigenvalue weighted by Crippen LogP contribution is -2.11. The maximum absolute atomic E-state index is 11.3. The topological polar surface area (TPSA) is 52.1 Å². The highest BCUT2D eigenvalue weighted by molar-refractivity contribution is 6.12. The molecule has 0 saturated carbocycles. The van der Waals surface area contributed by atoms with Gasteiger partial charge in [0.25, 0.3) is 0 Å². The lowest BCUT2D eigenvalue weighted by molar-refractivity contribution is -0.142. The number of esters is 1. The number of pyridine rings is 2. The molecule has 1 unspecified atom stereocenters. The van der Waals surface area contributed by atoms with Crippen LogP contribution in [0, 0.1) is 13.8 Å². The Balaban J connectivity index is 0.000000209. The quantitative estimate of drug-likeness (QED) is 0.115. The number of nitrogens with zero attached hydrogens (tertiary/aromatic N) is 2. The van der Waals surface area contributed by atoms with Gasteiger partial charge in [0.05, 0.1) is 17.1 Å². The zero-order valence-corrected chi connectivity index (χ0v) is 25.1. The lowest BCUT2D eigenvalue weighted by Gasteiger charge is -2.13. The molecule has 214 valence electrons. The van der Waals surface area contributed by atoms with Crippen LogP contribution in [0.5, 0.6) is 0 Å². The second-order valence-electron chi connectivity index (χ2n) is 10.6. The highest BCUT2D eigenvalue weighted by Gasteiger charge is 2.14. The Hall–Kier alpha value is -5.09. The van der Waals surface area contributed by atoms with Crippen LogP contribution in [-0.2, 0) is 9.53 Å². The zero-order valence-electron chi connectivity index (χ0n) is 25.1. The maximum atomic E-state index is 11.3. The van der Waals surface area contributed by atoms with Crippen LogP contribution >= 0.6 is 0 Å². The van der Waals surface area contributed by atoms with Crippen molar-refractivity contribution in [2.24, 2.45) is 0 Å². The summed E-state index contributed by atoms with van der Waals surface area (Å²) < 4.78 is 5.10. The van der Waals surface area contributed by atoms with Gasteiger partial charge in [-0.2, -0.15) is 0 Å². The molecular weight excluding hydrogens is 528 g/mol. The molecule has 0 N–H and O–H groups in total. The summed E-state index contributed by atoms with van der Waals surface area (Å²) >= 11 is 0. The number of aromatic nitrogens is 2. The van der Waals surface area contributed by atoms with E-state index in [4.69, 9.17) is 14.7 Å². The molecule has 0 aliphatic carbocycles. The minimum absolute atomic E-state index is 0.0158. The van der Waals surface area contributed by atoms with Gasteiger partial charge in [-0.1, -0.05) is 110 Å². The second-order valence-corrected chi connectivity index (χ2v) is 10.6. The minimum Gasteiger partial charge on any atom is -0.460 e. The molecule has 4 nitrogen and oxygen atoms in total. The number of benzene rings is 4. The largest absolute Gasteiger partial charge is 0.460 e. The Bertz CT molecular complexity index is 1760. The van der Waals surface area contributed by atoms with E-state index in [9.17, 15) is 4.79 Å². The van der Waals surface area contributed by atoms with Gasteiger partial charge >= 0.3 is 5.97 Å². The Morgan fingerprint density at radius 3 is 1.58 bits per heavy atom. The van der Waals surface area contributed by atoms with E-state index in [1.807, 2.05) is 56.3 Å². The summed E-state index contributed by atoms with van der Waals surface area (Å²) in [6, 6.07) is 39.4. The average molecular weight is 565 g/mol. The Labute approximate surface area is 253 Å². The van der Waals surface area contributed by atoms with Crippen molar-refractivity contribution in [2.75, 3.05) is 0 Å². The first-order valence-corrected chi connectivity index (χ1v) is 14.7. The first-order chi connectivity index (χ1) is 20.9. The number of aryl methyl sites for hydroxylation is 2. The number of rotatable bonds is 6. The SMILES string of the molecule is CCC(C)OC(=O)C=Cc1ccccc1.Cc1cc(-c2ccccc2)c2ccc3c(-c4ccccc4)cc(C)nc3c2n1. The third kappa shape index (κ3) is 7.22. The predicted octanol–water partition coefficient (Wildman–Crippen LogP) is 9.78. The normalized spacial score (nSPS) is 11.7. The van der Waals surface area contributed by atoms with E-state index < -0.39 is 0 Å². The van der Waals surface area contributed by atoms with Crippen molar-refractivity contribution in [3.63, 3.8) is 0 Å². The van der Waals surface area contributed by atoms with E-state index in [1.165, 1.54) is 28.3 Å². The maximum Gasteiger partial charge on any atom is 0.331 e. The van der Waals surface area contributed by atoms with Crippen LogP contribution in [0.25, 0.3) is 50.1 Å². The Kier molecular flexibility index (Phi) is 9.38.